The first-order valence-electron chi connectivity index (χ1n) is 14.5. The molecular formula is C32H31BrF2N6O4. The number of hydrogen-bond donors (Lipinski definition) is 2. The Hall–Kier alpha value is -4.20. The molecule has 2 N–H and O–H groups in total. The number of carbonyl (C=O) groups is 2. The fourth-order valence-corrected chi connectivity index (χ4v) is 5.60. The highest BCUT2D eigenvalue weighted by molar-refractivity contribution is 9.10. The number of nitrogens with one attached hydrogen (secondary N) is 2. The Morgan fingerprint density at radius 2 is 1.62 bits per heavy atom. The van der Waals surface area contributed by atoms with Gasteiger partial charge in [0.05, 0.1) is 10.9 Å². The molecular weight excluding hydrogens is 650 g/mol. The minimum atomic E-state index is -1.27. The molecule has 1 aliphatic carbocycles. The van der Waals surface area contributed by atoms with E-state index in [1.807, 2.05) is 0 Å². The first-order chi connectivity index (χ1) is 21.7. The van der Waals surface area contributed by atoms with Crippen LogP contribution in [0.15, 0.2) is 65.4 Å². The number of rotatable bonds is 10. The van der Waals surface area contributed by atoms with E-state index in [-0.39, 0.29) is 11.4 Å². The minimum Gasteiger partial charge on any atom is -0.475 e. The lowest BCUT2D eigenvalue weighted by atomic mass is 10.0. The lowest BCUT2D eigenvalue weighted by Gasteiger charge is -2.32. The van der Waals surface area contributed by atoms with Crippen molar-refractivity contribution in [3.63, 3.8) is 0 Å². The van der Waals surface area contributed by atoms with Crippen LogP contribution in [0.2, 0.25) is 0 Å². The number of halogens is 3. The Labute approximate surface area is 266 Å². The molecule has 1 saturated heterocycles. The Balaban J connectivity index is 1.09. The van der Waals surface area contributed by atoms with Crippen LogP contribution in [0.25, 0.3) is 10.9 Å². The van der Waals surface area contributed by atoms with Crippen LogP contribution in [-0.4, -0.2) is 78.0 Å². The summed E-state index contributed by atoms with van der Waals surface area (Å²) in [5.41, 5.74) is -0.171. The van der Waals surface area contributed by atoms with E-state index < -0.39 is 28.9 Å². The molecule has 10 nitrogen and oxygen atoms in total. The monoisotopic (exact) mass is 680 g/mol. The van der Waals surface area contributed by atoms with Crippen LogP contribution >= 0.6 is 15.9 Å². The molecule has 2 aromatic heterocycles. The third-order valence-electron chi connectivity index (χ3n) is 8.03. The molecule has 1 aliphatic heterocycles. The Bertz CT molecular complexity index is 1730. The number of carbonyl (C=O) groups excluding carboxylic acids is 2. The largest absolute Gasteiger partial charge is 0.475 e. The SMILES string of the molecule is CN1CCN(CCOc2ncc3c(Oc4ccc(NC(=O)C5(C(=O)Nc6ccc(F)cc6)CC5)cc4F)ccnc3c2Br)CC1. The molecule has 6 rings (SSSR count). The van der Waals surface area contributed by atoms with Gasteiger partial charge in [-0.15, -0.1) is 0 Å². The molecule has 13 heteroatoms. The van der Waals surface area contributed by atoms with Crippen molar-refractivity contribution >= 4 is 50.0 Å². The summed E-state index contributed by atoms with van der Waals surface area (Å²) in [6.07, 6.45) is 3.82. The Kier molecular flexibility index (Phi) is 8.92. The molecule has 0 radical (unpaired) electrons. The van der Waals surface area contributed by atoms with Gasteiger partial charge in [0.25, 0.3) is 0 Å². The number of hydrogen-bond acceptors (Lipinski definition) is 8. The third kappa shape index (κ3) is 6.90. The molecule has 2 fully saturated rings. The van der Waals surface area contributed by atoms with Gasteiger partial charge in [0.1, 0.15) is 28.1 Å². The second-order valence-electron chi connectivity index (χ2n) is 11.2. The van der Waals surface area contributed by atoms with E-state index in [1.54, 1.807) is 18.5 Å². The van der Waals surface area contributed by atoms with E-state index in [1.165, 1.54) is 36.4 Å². The molecule has 45 heavy (non-hydrogen) atoms. The normalized spacial score (nSPS) is 16.3. The van der Waals surface area contributed by atoms with Crippen molar-refractivity contribution in [1.29, 1.82) is 0 Å². The summed E-state index contributed by atoms with van der Waals surface area (Å²) in [7, 11) is 2.12. The first-order valence-corrected chi connectivity index (χ1v) is 15.3. The molecule has 234 valence electrons. The molecule has 0 bridgehead atoms. The number of ether oxygens (including phenoxy) is 2. The summed E-state index contributed by atoms with van der Waals surface area (Å²) >= 11 is 3.55. The number of pyridine rings is 2. The van der Waals surface area contributed by atoms with Crippen LogP contribution in [0.5, 0.6) is 17.4 Å². The molecule has 4 aromatic rings. The lowest BCUT2D eigenvalue weighted by Crippen LogP contribution is -2.45. The van der Waals surface area contributed by atoms with Crippen LogP contribution in [0.3, 0.4) is 0 Å². The van der Waals surface area contributed by atoms with Crippen LogP contribution in [-0.2, 0) is 9.59 Å². The second-order valence-corrected chi connectivity index (χ2v) is 12.0. The average Bonchev–Trinajstić information content (AvgIpc) is 3.85. The minimum absolute atomic E-state index is 0.0701. The predicted molar refractivity (Wildman–Crippen MR) is 168 cm³/mol. The fourth-order valence-electron chi connectivity index (χ4n) is 5.07. The highest BCUT2D eigenvalue weighted by atomic mass is 79.9. The highest BCUT2D eigenvalue weighted by Crippen LogP contribution is 2.47. The van der Waals surface area contributed by atoms with E-state index >= 15 is 4.39 Å². The van der Waals surface area contributed by atoms with Gasteiger partial charge in [-0.1, -0.05) is 0 Å². The topological polar surface area (TPSA) is 109 Å². The lowest BCUT2D eigenvalue weighted by molar-refractivity contribution is -0.131. The molecule has 1 saturated carbocycles. The van der Waals surface area contributed by atoms with E-state index in [4.69, 9.17) is 9.47 Å². The van der Waals surface area contributed by atoms with Gasteiger partial charge < -0.3 is 25.0 Å². The molecule has 0 unspecified atom stereocenters. The molecule has 2 aliphatic rings. The summed E-state index contributed by atoms with van der Waals surface area (Å²) < 4.78 is 40.8. The van der Waals surface area contributed by atoms with Crippen LogP contribution < -0.4 is 20.1 Å². The third-order valence-corrected chi connectivity index (χ3v) is 8.74. The molecule has 0 spiro atoms. The zero-order valence-electron chi connectivity index (χ0n) is 24.5. The van der Waals surface area contributed by atoms with Crippen LogP contribution in [0, 0.1) is 17.0 Å². The van der Waals surface area contributed by atoms with Crippen molar-refractivity contribution < 1.29 is 27.8 Å². The summed E-state index contributed by atoms with van der Waals surface area (Å²) in [4.78, 5) is 39.4. The number of amides is 2. The van der Waals surface area contributed by atoms with E-state index in [9.17, 15) is 14.0 Å². The summed E-state index contributed by atoms with van der Waals surface area (Å²) in [5.74, 6) is -1.52. The number of piperazine rings is 1. The van der Waals surface area contributed by atoms with E-state index in [2.05, 4.69) is 53.4 Å². The van der Waals surface area contributed by atoms with E-state index in [0.29, 0.717) is 52.1 Å². The van der Waals surface area contributed by atoms with Gasteiger partial charge in [0, 0.05) is 62.6 Å². The van der Waals surface area contributed by atoms with Gasteiger partial charge in [-0.05, 0) is 78.3 Å². The summed E-state index contributed by atoms with van der Waals surface area (Å²) in [6.45, 7) is 5.32. The summed E-state index contributed by atoms with van der Waals surface area (Å²) in [6, 6.07) is 10.9. The molecule has 2 amide bonds. The first kappa shape index (κ1) is 30.8. The zero-order valence-corrected chi connectivity index (χ0v) is 26.1. The molecule has 2 aromatic carbocycles. The van der Waals surface area contributed by atoms with Crippen LogP contribution in [0.1, 0.15) is 12.8 Å². The second kappa shape index (κ2) is 13.0. The fraction of sp³-hybridized carbons (Fsp3) is 0.312. The zero-order chi connectivity index (χ0) is 31.6. The van der Waals surface area contributed by atoms with Crippen molar-refractivity contribution in [2.24, 2.45) is 5.41 Å². The van der Waals surface area contributed by atoms with Gasteiger partial charge in [0.15, 0.2) is 11.6 Å². The van der Waals surface area contributed by atoms with Crippen molar-refractivity contribution in [3.8, 4) is 17.4 Å². The van der Waals surface area contributed by atoms with Crippen LogP contribution in [0.4, 0.5) is 20.2 Å². The molecule has 0 atom stereocenters. The smallest absolute Gasteiger partial charge is 0.240 e. The number of nitrogens with zero attached hydrogens (tertiary/aromatic N) is 4. The van der Waals surface area contributed by atoms with E-state index in [0.717, 1.165) is 38.8 Å². The van der Waals surface area contributed by atoms with Gasteiger partial charge in [-0.3, -0.25) is 19.5 Å². The summed E-state index contributed by atoms with van der Waals surface area (Å²) in [5, 5.41) is 5.83. The Morgan fingerprint density at radius 3 is 2.31 bits per heavy atom. The molecule has 3 heterocycles. The van der Waals surface area contributed by atoms with Crippen molar-refractivity contribution in [2.45, 2.75) is 12.8 Å². The number of aromatic nitrogens is 2. The highest BCUT2D eigenvalue weighted by Gasteiger charge is 2.56. The van der Waals surface area contributed by atoms with Crippen molar-refractivity contribution in [1.82, 2.24) is 19.8 Å². The van der Waals surface area contributed by atoms with Gasteiger partial charge in [0.2, 0.25) is 17.7 Å². The average molecular weight is 682 g/mol. The Morgan fingerprint density at radius 1 is 0.933 bits per heavy atom. The van der Waals surface area contributed by atoms with Gasteiger partial charge in [-0.25, -0.2) is 13.8 Å². The maximum atomic E-state index is 15.2. The predicted octanol–water partition coefficient (Wildman–Crippen LogP) is 5.45. The standard InChI is InChI=1S/C32H31BrF2N6O4/c1-40-12-14-41(15-13-40)16-17-44-29-27(33)28-23(19-37-29)25(8-11-36-28)45-26-7-6-22(18-24(26)35)39-31(43)32(9-10-32)30(42)38-21-4-2-20(34)3-5-21/h2-8,11,18-19H,9-10,12-17H2,1H3,(H,38,42)(H,39,43). The van der Waals surface area contributed by atoms with Crippen molar-refractivity contribution in [2.75, 3.05) is 57.0 Å². The number of likely N-dealkylation sites (N-methyl/N-ethyl adjacent to an activating group) is 1. The van der Waals surface area contributed by atoms with Gasteiger partial charge >= 0.3 is 0 Å². The number of fused-ring (bicyclic) bond motifs is 1. The maximum absolute atomic E-state index is 15.2. The number of anilines is 2. The number of benzene rings is 2. The van der Waals surface area contributed by atoms with Gasteiger partial charge in [-0.2, -0.15) is 0 Å². The quantitative estimate of drug-likeness (QED) is 0.213. The maximum Gasteiger partial charge on any atom is 0.240 e. The van der Waals surface area contributed by atoms with Crippen molar-refractivity contribution in [3.05, 3.63) is 77.0 Å².